The first kappa shape index (κ1) is 20.7. The smallest absolute Gasteiger partial charge is 0.261 e. The van der Waals surface area contributed by atoms with Gasteiger partial charge in [-0.1, -0.05) is 24.3 Å². The number of amides is 3. The fourth-order valence-corrected chi connectivity index (χ4v) is 8.53. The largest absolute Gasteiger partial charge is 0.342 e. The highest BCUT2D eigenvalue weighted by molar-refractivity contribution is 6.25. The molecule has 0 radical (unpaired) electrons. The summed E-state index contributed by atoms with van der Waals surface area (Å²) in [5.41, 5.74) is 1.17. The monoisotopic (exact) mass is 456 g/mol. The molecule has 1 saturated heterocycles. The Labute approximate surface area is 200 Å². The summed E-state index contributed by atoms with van der Waals surface area (Å²) in [6.07, 6.45) is 9.11. The molecule has 5 fully saturated rings. The highest BCUT2D eigenvalue weighted by atomic mass is 16.2. The van der Waals surface area contributed by atoms with Gasteiger partial charge < -0.3 is 4.90 Å². The first-order valence-corrected chi connectivity index (χ1v) is 13.2. The van der Waals surface area contributed by atoms with Gasteiger partial charge in [0, 0.05) is 36.1 Å². The summed E-state index contributed by atoms with van der Waals surface area (Å²) in [4.78, 5) is 43.8. The molecular formula is C29H32N2O3. The van der Waals surface area contributed by atoms with Crippen molar-refractivity contribution in [1.29, 1.82) is 0 Å². The Kier molecular flexibility index (Phi) is 4.50. The van der Waals surface area contributed by atoms with Crippen LogP contribution in [0, 0.1) is 29.1 Å². The number of rotatable bonds is 3. The molecule has 5 heteroatoms. The average molecular weight is 457 g/mol. The van der Waals surface area contributed by atoms with Crippen molar-refractivity contribution in [3.8, 4) is 0 Å². The van der Waals surface area contributed by atoms with E-state index in [4.69, 9.17) is 0 Å². The van der Waals surface area contributed by atoms with E-state index in [-0.39, 0.29) is 23.1 Å². The number of imide groups is 1. The molecule has 5 nitrogen and oxygen atoms in total. The molecular weight excluding hydrogens is 424 g/mol. The van der Waals surface area contributed by atoms with Gasteiger partial charge in [-0.3, -0.25) is 19.3 Å². The quantitative estimate of drug-likeness (QED) is 0.618. The van der Waals surface area contributed by atoms with Crippen LogP contribution in [-0.2, 0) is 4.79 Å². The molecule has 2 aliphatic heterocycles. The fraction of sp³-hybridized carbons (Fsp3) is 0.552. The van der Waals surface area contributed by atoms with Crippen molar-refractivity contribution < 1.29 is 14.4 Å². The summed E-state index contributed by atoms with van der Waals surface area (Å²) in [5, 5.41) is 1.72. The number of piperidine rings is 1. The summed E-state index contributed by atoms with van der Waals surface area (Å²) >= 11 is 0. The predicted molar refractivity (Wildman–Crippen MR) is 129 cm³/mol. The van der Waals surface area contributed by atoms with Crippen LogP contribution in [0.4, 0.5) is 0 Å². The third-order valence-electron chi connectivity index (χ3n) is 9.69. The summed E-state index contributed by atoms with van der Waals surface area (Å²) in [6, 6.07) is 11.4. The third-order valence-corrected chi connectivity index (χ3v) is 9.69. The lowest BCUT2D eigenvalue weighted by Gasteiger charge is -2.57. The summed E-state index contributed by atoms with van der Waals surface area (Å²) in [5.74, 6) is 2.62. The van der Waals surface area contributed by atoms with E-state index in [9.17, 15) is 14.4 Å². The number of carbonyl (C=O) groups excluding carboxylic acids is 3. The van der Waals surface area contributed by atoms with Gasteiger partial charge in [0.15, 0.2) is 0 Å². The normalized spacial score (nSPS) is 32.6. The molecule has 0 spiro atoms. The molecule has 176 valence electrons. The topological polar surface area (TPSA) is 57.7 Å². The van der Waals surface area contributed by atoms with Crippen LogP contribution in [0.15, 0.2) is 36.4 Å². The second-order valence-electron chi connectivity index (χ2n) is 11.9. The van der Waals surface area contributed by atoms with Gasteiger partial charge in [0.05, 0.1) is 5.41 Å². The Hall–Kier alpha value is -2.69. The van der Waals surface area contributed by atoms with Crippen LogP contribution in [0.5, 0.6) is 0 Å². The summed E-state index contributed by atoms with van der Waals surface area (Å²) < 4.78 is 0. The van der Waals surface area contributed by atoms with Gasteiger partial charge in [-0.15, -0.1) is 0 Å². The Balaban J connectivity index is 1.04. The zero-order valence-corrected chi connectivity index (χ0v) is 19.7. The minimum Gasteiger partial charge on any atom is -0.342 e. The molecule has 4 aliphatic carbocycles. The zero-order chi connectivity index (χ0) is 23.0. The van der Waals surface area contributed by atoms with E-state index in [1.54, 1.807) is 0 Å². The molecule has 2 heterocycles. The van der Waals surface area contributed by atoms with Gasteiger partial charge in [0.2, 0.25) is 5.91 Å². The van der Waals surface area contributed by atoms with E-state index >= 15 is 0 Å². The molecule has 34 heavy (non-hydrogen) atoms. The van der Waals surface area contributed by atoms with E-state index in [2.05, 4.69) is 4.90 Å². The number of hydrogen-bond acceptors (Lipinski definition) is 3. The maximum atomic E-state index is 13.7. The second kappa shape index (κ2) is 7.40. The predicted octanol–water partition coefficient (Wildman–Crippen LogP) is 4.89. The number of hydrogen-bond donors (Lipinski definition) is 0. The van der Waals surface area contributed by atoms with Crippen molar-refractivity contribution in [3.63, 3.8) is 0 Å². The molecule has 3 amide bonds. The first-order chi connectivity index (χ1) is 16.5. The van der Waals surface area contributed by atoms with Gasteiger partial charge >= 0.3 is 0 Å². The molecule has 8 rings (SSSR count). The Bertz CT molecular complexity index is 1120. The van der Waals surface area contributed by atoms with Crippen LogP contribution < -0.4 is 0 Å². The van der Waals surface area contributed by atoms with Gasteiger partial charge in [-0.05, 0) is 92.6 Å². The van der Waals surface area contributed by atoms with Crippen LogP contribution in [0.2, 0.25) is 0 Å². The van der Waals surface area contributed by atoms with Crippen LogP contribution in [0.25, 0.3) is 10.8 Å². The average Bonchev–Trinajstić information content (AvgIpc) is 2.84. The molecule has 0 N–H and O–H groups in total. The second-order valence-corrected chi connectivity index (χ2v) is 11.9. The number of nitrogens with zero attached hydrogens (tertiary/aromatic N) is 2. The zero-order valence-electron chi connectivity index (χ0n) is 19.7. The Morgan fingerprint density at radius 2 is 1.35 bits per heavy atom. The van der Waals surface area contributed by atoms with Gasteiger partial charge in [0.25, 0.3) is 11.8 Å². The molecule has 0 unspecified atom stereocenters. The molecule has 2 aromatic rings. The van der Waals surface area contributed by atoms with E-state index in [0.717, 1.165) is 73.7 Å². The van der Waals surface area contributed by atoms with E-state index < -0.39 is 0 Å². The molecule has 0 atom stereocenters. The lowest BCUT2D eigenvalue weighted by molar-refractivity contribution is -0.159. The minimum absolute atomic E-state index is 0.0806. The molecule has 0 aromatic heterocycles. The van der Waals surface area contributed by atoms with Crippen molar-refractivity contribution in [1.82, 2.24) is 9.80 Å². The maximum absolute atomic E-state index is 13.7. The van der Waals surface area contributed by atoms with Crippen molar-refractivity contribution in [2.24, 2.45) is 29.1 Å². The molecule has 4 saturated carbocycles. The Morgan fingerprint density at radius 3 is 1.88 bits per heavy atom. The lowest BCUT2D eigenvalue weighted by Crippen LogP contribution is -2.56. The van der Waals surface area contributed by atoms with Gasteiger partial charge in [0.1, 0.15) is 0 Å². The maximum Gasteiger partial charge on any atom is 0.261 e. The minimum atomic E-state index is -0.179. The van der Waals surface area contributed by atoms with E-state index in [1.165, 1.54) is 24.2 Å². The standard InChI is InChI=1S/C29H32N2O3/c32-26-23-5-1-3-22-4-2-6-24(25(22)23)27(33)31(26)17-18-7-9-30(10-8-18)28(34)29-14-19-11-20(15-29)13-21(12-19)16-29/h1-6,18-21H,7-17H2. The van der Waals surface area contributed by atoms with Crippen molar-refractivity contribution in [2.75, 3.05) is 19.6 Å². The molecule has 6 aliphatic rings. The van der Waals surface area contributed by atoms with E-state index in [0.29, 0.717) is 23.6 Å². The SMILES string of the molecule is O=C1c2cccc3cccc(c23)C(=O)N1CC1CCN(C(=O)C23CC4CC(CC(C4)C2)C3)CC1. The molecule has 2 aromatic carbocycles. The van der Waals surface area contributed by atoms with Gasteiger partial charge in [-0.2, -0.15) is 0 Å². The fourth-order valence-electron chi connectivity index (χ4n) is 8.53. The van der Waals surface area contributed by atoms with Crippen molar-refractivity contribution >= 4 is 28.5 Å². The molecule has 4 bridgehead atoms. The highest BCUT2D eigenvalue weighted by Crippen LogP contribution is 2.60. The van der Waals surface area contributed by atoms with Crippen LogP contribution in [0.1, 0.15) is 72.1 Å². The van der Waals surface area contributed by atoms with Crippen LogP contribution >= 0.6 is 0 Å². The Morgan fingerprint density at radius 1 is 0.824 bits per heavy atom. The highest BCUT2D eigenvalue weighted by Gasteiger charge is 2.55. The lowest BCUT2D eigenvalue weighted by atomic mass is 9.49. The first-order valence-electron chi connectivity index (χ1n) is 13.2. The van der Waals surface area contributed by atoms with E-state index in [1.807, 2.05) is 36.4 Å². The number of carbonyl (C=O) groups is 3. The summed E-state index contributed by atoms with van der Waals surface area (Å²) in [7, 11) is 0. The van der Waals surface area contributed by atoms with Crippen molar-refractivity contribution in [3.05, 3.63) is 47.5 Å². The third kappa shape index (κ3) is 3.01. The summed E-state index contributed by atoms with van der Waals surface area (Å²) in [6.45, 7) is 1.96. The van der Waals surface area contributed by atoms with Crippen molar-refractivity contribution in [2.45, 2.75) is 51.4 Å². The number of benzene rings is 2. The van der Waals surface area contributed by atoms with Crippen LogP contribution in [-0.4, -0.2) is 47.2 Å². The van der Waals surface area contributed by atoms with Gasteiger partial charge in [-0.25, -0.2) is 0 Å². The van der Waals surface area contributed by atoms with Crippen LogP contribution in [0.3, 0.4) is 0 Å². The number of likely N-dealkylation sites (tertiary alicyclic amines) is 1.